The first-order valence-corrected chi connectivity index (χ1v) is 11.6. The lowest BCUT2D eigenvalue weighted by molar-refractivity contribution is 0.354. The zero-order valence-corrected chi connectivity index (χ0v) is 20.1. The zero-order chi connectivity index (χ0) is 23.5. The summed E-state index contributed by atoms with van der Waals surface area (Å²) in [7, 11) is 3.20. The first-order chi connectivity index (χ1) is 15.4. The number of rotatable bonds is 14. The lowest BCUT2D eigenvalue weighted by Crippen LogP contribution is -2.27. The molecule has 7 nitrogen and oxygen atoms in total. The SMILES string of the molecule is CCCCCCC(CCC)Nc1nc(Cc2ccc(OC)c(OC)c2)[nH]c(=O)c1C(C)=N. The molecule has 1 aromatic heterocycles. The third-order valence-electron chi connectivity index (χ3n) is 5.55. The van der Waals surface area contributed by atoms with Crippen molar-refractivity contribution in [3.8, 4) is 11.5 Å². The molecule has 0 fully saturated rings. The summed E-state index contributed by atoms with van der Waals surface area (Å²) < 4.78 is 10.7. The molecule has 0 aliphatic rings. The van der Waals surface area contributed by atoms with Crippen molar-refractivity contribution < 1.29 is 9.47 Å². The predicted octanol–water partition coefficient (Wildman–Crippen LogP) is 5.32. The van der Waals surface area contributed by atoms with E-state index in [0.29, 0.717) is 35.1 Å². The largest absolute Gasteiger partial charge is 0.493 e. The van der Waals surface area contributed by atoms with Crippen LogP contribution in [-0.2, 0) is 6.42 Å². The third kappa shape index (κ3) is 7.11. The average molecular weight is 443 g/mol. The summed E-state index contributed by atoms with van der Waals surface area (Å²) in [6.07, 6.45) is 8.32. The van der Waals surface area contributed by atoms with Gasteiger partial charge in [-0.2, -0.15) is 0 Å². The summed E-state index contributed by atoms with van der Waals surface area (Å²) in [5.41, 5.74) is 1.18. The molecular weight excluding hydrogens is 404 g/mol. The van der Waals surface area contributed by atoms with Crippen LogP contribution in [0.25, 0.3) is 0 Å². The van der Waals surface area contributed by atoms with E-state index in [1.165, 1.54) is 19.3 Å². The van der Waals surface area contributed by atoms with E-state index in [2.05, 4.69) is 24.1 Å². The lowest BCUT2D eigenvalue weighted by atomic mass is 10.0. The second-order valence-electron chi connectivity index (χ2n) is 8.21. The molecule has 32 heavy (non-hydrogen) atoms. The number of nitrogens with one attached hydrogen (secondary N) is 3. The van der Waals surface area contributed by atoms with Gasteiger partial charge in [0.25, 0.3) is 5.56 Å². The van der Waals surface area contributed by atoms with Crippen LogP contribution in [0.3, 0.4) is 0 Å². The maximum absolute atomic E-state index is 12.8. The molecule has 1 unspecified atom stereocenters. The maximum Gasteiger partial charge on any atom is 0.262 e. The topological polar surface area (TPSA) is 100 Å². The van der Waals surface area contributed by atoms with Gasteiger partial charge in [-0.25, -0.2) is 4.98 Å². The number of hydrogen-bond donors (Lipinski definition) is 3. The molecule has 0 amide bonds. The van der Waals surface area contributed by atoms with Gasteiger partial charge in [0.15, 0.2) is 11.5 Å². The molecule has 1 heterocycles. The van der Waals surface area contributed by atoms with Crippen molar-refractivity contribution in [3.63, 3.8) is 0 Å². The van der Waals surface area contributed by atoms with Crippen molar-refractivity contribution >= 4 is 11.5 Å². The number of unbranched alkanes of at least 4 members (excludes halogenated alkanes) is 3. The van der Waals surface area contributed by atoms with E-state index < -0.39 is 0 Å². The van der Waals surface area contributed by atoms with Crippen LogP contribution in [0.5, 0.6) is 11.5 Å². The molecule has 1 atom stereocenters. The molecule has 176 valence electrons. The van der Waals surface area contributed by atoms with Gasteiger partial charge < -0.3 is 25.2 Å². The fourth-order valence-corrected chi connectivity index (χ4v) is 3.89. The Labute approximate surface area is 191 Å². The van der Waals surface area contributed by atoms with E-state index in [9.17, 15) is 4.79 Å². The molecule has 0 saturated heterocycles. The molecule has 2 aromatic rings. The number of aromatic amines is 1. The van der Waals surface area contributed by atoms with Gasteiger partial charge in [-0.3, -0.25) is 4.79 Å². The van der Waals surface area contributed by atoms with E-state index in [4.69, 9.17) is 19.9 Å². The van der Waals surface area contributed by atoms with Crippen molar-refractivity contribution in [1.82, 2.24) is 9.97 Å². The molecule has 0 spiro atoms. The molecule has 3 N–H and O–H groups in total. The van der Waals surface area contributed by atoms with E-state index >= 15 is 0 Å². The maximum atomic E-state index is 12.8. The number of aromatic nitrogens is 2. The van der Waals surface area contributed by atoms with Crippen LogP contribution < -0.4 is 20.3 Å². The van der Waals surface area contributed by atoms with Crippen LogP contribution in [0.4, 0.5) is 5.82 Å². The number of methoxy groups -OCH3 is 2. The van der Waals surface area contributed by atoms with Crippen LogP contribution in [0.15, 0.2) is 23.0 Å². The molecule has 0 aliphatic heterocycles. The molecule has 2 rings (SSSR count). The summed E-state index contributed by atoms with van der Waals surface area (Å²) in [6.45, 7) is 6.00. The van der Waals surface area contributed by atoms with Crippen molar-refractivity contribution in [2.45, 2.75) is 78.2 Å². The van der Waals surface area contributed by atoms with Crippen molar-refractivity contribution in [1.29, 1.82) is 5.41 Å². The average Bonchev–Trinajstić information content (AvgIpc) is 2.76. The molecular formula is C25H38N4O3. The van der Waals surface area contributed by atoms with E-state index in [1.807, 2.05) is 18.2 Å². The summed E-state index contributed by atoms with van der Waals surface area (Å²) in [5, 5.41) is 11.6. The van der Waals surface area contributed by atoms with Crippen LogP contribution >= 0.6 is 0 Å². The number of nitrogens with zero attached hydrogens (tertiary/aromatic N) is 1. The Bertz CT molecular complexity index is 939. The fraction of sp³-hybridized carbons (Fsp3) is 0.560. The Hall–Kier alpha value is -2.83. The Morgan fingerprint density at radius 3 is 2.47 bits per heavy atom. The number of hydrogen-bond acceptors (Lipinski definition) is 6. The first kappa shape index (κ1) is 25.4. The highest BCUT2D eigenvalue weighted by Crippen LogP contribution is 2.28. The van der Waals surface area contributed by atoms with Gasteiger partial charge in [0, 0.05) is 18.2 Å². The van der Waals surface area contributed by atoms with E-state index in [-0.39, 0.29) is 17.3 Å². The van der Waals surface area contributed by atoms with Crippen LogP contribution in [0.1, 0.15) is 82.7 Å². The molecule has 0 radical (unpaired) electrons. The Balaban J connectivity index is 2.31. The highest BCUT2D eigenvalue weighted by atomic mass is 16.5. The lowest BCUT2D eigenvalue weighted by Gasteiger charge is -2.21. The van der Waals surface area contributed by atoms with E-state index in [0.717, 1.165) is 31.2 Å². The van der Waals surface area contributed by atoms with Crippen molar-refractivity contribution in [2.75, 3.05) is 19.5 Å². The molecule has 0 saturated carbocycles. The van der Waals surface area contributed by atoms with Crippen LogP contribution in [0.2, 0.25) is 0 Å². The highest BCUT2D eigenvalue weighted by molar-refractivity contribution is 6.00. The van der Waals surface area contributed by atoms with Gasteiger partial charge in [-0.05, 0) is 37.5 Å². The summed E-state index contributed by atoms with van der Waals surface area (Å²) in [5.74, 6) is 2.34. The monoisotopic (exact) mass is 442 g/mol. The van der Waals surface area contributed by atoms with Gasteiger partial charge >= 0.3 is 0 Å². The summed E-state index contributed by atoms with van der Waals surface area (Å²) in [6, 6.07) is 5.89. The number of benzene rings is 1. The Morgan fingerprint density at radius 1 is 1.09 bits per heavy atom. The number of ether oxygens (including phenoxy) is 2. The summed E-state index contributed by atoms with van der Waals surface area (Å²) >= 11 is 0. The van der Waals surface area contributed by atoms with Gasteiger partial charge in [0.1, 0.15) is 17.2 Å². The fourth-order valence-electron chi connectivity index (χ4n) is 3.89. The van der Waals surface area contributed by atoms with Crippen molar-refractivity contribution in [3.05, 3.63) is 45.5 Å². The minimum atomic E-state index is -0.285. The Kier molecular flexibility index (Phi) is 10.2. The standard InChI is InChI=1S/C25H38N4O3/c1-6-8-9-10-12-19(11-7-2)27-24-23(17(3)26)25(30)29-22(28-24)16-18-13-14-20(31-4)21(15-18)32-5/h13-15,19,26H,6-12,16H2,1-5H3,(H2,27,28,29,30). The van der Waals surface area contributed by atoms with E-state index in [1.54, 1.807) is 21.1 Å². The zero-order valence-electron chi connectivity index (χ0n) is 20.1. The third-order valence-corrected chi connectivity index (χ3v) is 5.55. The van der Waals surface area contributed by atoms with Crippen molar-refractivity contribution in [2.24, 2.45) is 0 Å². The van der Waals surface area contributed by atoms with Crippen LogP contribution in [-0.4, -0.2) is 35.9 Å². The predicted molar refractivity (Wildman–Crippen MR) is 131 cm³/mol. The Morgan fingerprint density at radius 2 is 1.84 bits per heavy atom. The molecule has 7 heteroatoms. The second-order valence-corrected chi connectivity index (χ2v) is 8.21. The van der Waals surface area contributed by atoms with Gasteiger partial charge in [-0.15, -0.1) is 0 Å². The highest BCUT2D eigenvalue weighted by Gasteiger charge is 2.18. The van der Waals surface area contributed by atoms with Gasteiger partial charge in [0.05, 0.1) is 14.2 Å². The number of H-pyrrole nitrogens is 1. The quantitative estimate of drug-likeness (QED) is 0.272. The van der Waals surface area contributed by atoms with Crippen LogP contribution in [0, 0.1) is 5.41 Å². The first-order valence-electron chi connectivity index (χ1n) is 11.6. The van der Waals surface area contributed by atoms with Gasteiger partial charge in [0.2, 0.25) is 0 Å². The smallest absolute Gasteiger partial charge is 0.262 e. The minimum Gasteiger partial charge on any atom is -0.493 e. The van der Waals surface area contributed by atoms with Gasteiger partial charge in [-0.1, -0.05) is 52.0 Å². The molecule has 1 aromatic carbocycles. The number of anilines is 1. The second kappa shape index (κ2) is 12.9. The molecule has 0 aliphatic carbocycles. The summed E-state index contributed by atoms with van der Waals surface area (Å²) in [4.78, 5) is 20.4. The molecule has 0 bridgehead atoms. The minimum absolute atomic E-state index is 0.208. The normalized spacial score (nSPS) is 11.8.